The number of fused-ring (bicyclic) bond motifs is 1. The number of sulfone groups is 1. The molecule has 7 heteroatoms. The van der Waals surface area contributed by atoms with Gasteiger partial charge in [0.25, 0.3) is 0 Å². The Balaban J connectivity index is 0.00000145. The molecule has 0 amide bonds. The van der Waals surface area contributed by atoms with E-state index in [-0.39, 0.29) is 23.0 Å². The second-order valence-electron chi connectivity index (χ2n) is 5.92. The average molecular weight is 414 g/mol. The van der Waals surface area contributed by atoms with E-state index in [0.717, 1.165) is 6.07 Å². The van der Waals surface area contributed by atoms with Crippen LogP contribution in [-0.4, -0.2) is 8.42 Å². The average Bonchev–Trinajstić information content (AvgIpc) is 2.89. The molecule has 0 radical (unpaired) electrons. The third-order valence-corrected chi connectivity index (χ3v) is 5.79. The number of hydrogen-bond donors (Lipinski definition) is 0. The lowest BCUT2D eigenvalue weighted by molar-refractivity contribution is 0.470. The normalized spacial score (nSPS) is 14.9. The highest BCUT2D eigenvalue weighted by molar-refractivity contribution is 7.91. The van der Waals surface area contributed by atoms with Gasteiger partial charge in [-0.3, -0.25) is 0 Å². The van der Waals surface area contributed by atoms with Crippen LogP contribution in [0, 0.1) is 5.92 Å². The van der Waals surface area contributed by atoms with Crippen LogP contribution in [0.25, 0.3) is 24.3 Å². The van der Waals surface area contributed by atoms with E-state index in [4.69, 9.17) is 8.83 Å². The highest BCUT2D eigenvalue weighted by Gasteiger charge is 2.28. The molecule has 1 aliphatic carbocycles. The maximum Gasteiger partial charge on any atom is 0.355 e. The zero-order valence-electron chi connectivity index (χ0n) is 16.5. The van der Waals surface area contributed by atoms with Crippen molar-refractivity contribution < 1.29 is 17.3 Å². The first kappa shape index (κ1) is 22.1. The molecule has 0 bridgehead atoms. The van der Waals surface area contributed by atoms with Crippen molar-refractivity contribution in [3.63, 3.8) is 0 Å². The summed E-state index contributed by atoms with van der Waals surface area (Å²) < 4.78 is 36.1. The maximum atomic E-state index is 13.0. The van der Waals surface area contributed by atoms with Gasteiger partial charge in [0.1, 0.15) is 11.5 Å². The van der Waals surface area contributed by atoms with Crippen molar-refractivity contribution in [2.75, 3.05) is 0 Å². The van der Waals surface area contributed by atoms with Gasteiger partial charge in [0.15, 0.2) is 9.79 Å². The Morgan fingerprint density at radius 1 is 0.931 bits per heavy atom. The smallest absolute Gasteiger partial charge is 0.355 e. The molecule has 152 valence electrons. The van der Waals surface area contributed by atoms with E-state index in [9.17, 15) is 18.0 Å². The maximum absolute atomic E-state index is 13.0. The Kier molecular flexibility index (Phi) is 6.76. The second-order valence-corrected chi connectivity index (χ2v) is 7.81. The first-order valence-electron chi connectivity index (χ1n) is 9.00. The first-order valence-corrected chi connectivity index (χ1v) is 10.5. The highest BCUT2D eigenvalue weighted by Crippen LogP contribution is 2.24. The molecule has 1 aliphatic rings. The molecule has 1 atom stereocenters. The van der Waals surface area contributed by atoms with Crippen LogP contribution in [0.3, 0.4) is 0 Å². The fraction of sp³-hybridized carbons (Fsp3) is 0.182. The van der Waals surface area contributed by atoms with Gasteiger partial charge in [-0.1, -0.05) is 58.2 Å². The molecule has 0 aliphatic heterocycles. The van der Waals surface area contributed by atoms with Crippen molar-refractivity contribution in [2.45, 2.75) is 30.6 Å². The predicted molar refractivity (Wildman–Crippen MR) is 114 cm³/mol. The van der Waals surface area contributed by atoms with Gasteiger partial charge in [-0.05, 0) is 30.2 Å². The van der Waals surface area contributed by atoms with Crippen molar-refractivity contribution in [2.24, 2.45) is 5.92 Å². The predicted octanol–water partition coefficient (Wildman–Crippen LogP) is 4.41. The molecule has 0 aromatic carbocycles. The molecule has 0 N–H and O–H groups in total. The minimum Gasteiger partial charge on any atom is -0.422 e. The van der Waals surface area contributed by atoms with E-state index in [0.29, 0.717) is 5.56 Å². The van der Waals surface area contributed by atoms with Gasteiger partial charge in [-0.15, -0.1) is 0 Å². The summed E-state index contributed by atoms with van der Waals surface area (Å²) in [6.45, 7) is 13.0. The fourth-order valence-electron chi connectivity index (χ4n) is 2.59. The van der Waals surface area contributed by atoms with Crippen molar-refractivity contribution >= 4 is 34.1 Å². The SMILES string of the molecule is C=Cc1cc(S(=O)(=O)c2cc3c(oc2=O)C=CC(C)C=C3)c(=O)oc1C=C.CC. The minimum absolute atomic E-state index is 0.0879. The molecular formula is C22H22O6S. The lowest BCUT2D eigenvalue weighted by Gasteiger charge is -2.07. The summed E-state index contributed by atoms with van der Waals surface area (Å²) in [6, 6.07) is 2.30. The van der Waals surface area contributed by atoms with Crippen molar-refractivity contribution in [1.82, 2.24) is 0 Å². The molecule has 0 saturated carbocycles. The van der Waals surface area contributed by atoms with E-state index in [1.165, 1.54) is 18.2 Å². The summed E-state index contributed by atoms with van der Waals surface area (Å²) in [6.07, 6.45) is 9.53. The van der Waals surface area contributed by atoms with Gasteiger partial charge >= 0.3 is 11.3 Å². The molecule has 3 rings (SSSR count). The van der Waals surface area contributed by atoms with Crippen molar-refractivity contribution in [1.29, 1.82) is 0 Å². The third kappa shape index (κ3) is 4.30. The van der Waals surface area contributed by atoms with Crippen LogP contribution in [0.2, 0.25) is 0 Å². The Morgan fingerprint density at radius 2 is 1.52 bits per heavy atom. The van der Waals surface area contributed by atoms with Gasteiger partial charge in [0, 0.05) is 11.1 Å². The molecule has 0 saturated heterocycles. The summed E-state index contributed by atoms with van der Waals surface area (Å²) in [5, 5.41) is 0. The van der Waals surface area contributed by atoms with Gasteiger partial charge in [-0.25, -0.2) is 18.0 Å². The zero-order valence-corrected chi connectivity index (χ0v) is 17.3. The summed E-state index contributed by atoms with van der Waals surface area (Å²) in [5.74, 6) is 0.432. The van der Waals surface area contributed by atoms with Crippen LogP contribution in [0.5, 0.6) is 0 Å². The van der Waals surface area contributed by atoms with E-state index < -0.39 is 30.9 Å². The van der Waals surface area contributed by atoms with Crippen LogP contribution in [0.15, 0.2) is 65.7 Å². The summed E-state index contributed by atoms with van der Waals surface area (Å²) >= 11 is 0. The number of allylic oxidation sites excluding steroid dienone is 2. The van der Waals surface area contributed by atoms with Gasteiger partial charge in [0.2, 0.25) is 9.84 Å². The number of rotatable bonds is 4. The zero-order chi connectivity index (χ0) is 21.8. The van der Waals surface area contributed by atoms with Crippen LogP contribution < -0.4 is 11.3 Å². The Bertz CT molecular complexity index is 1220. The Morgan fingerprint density at radius 3 is 2.14 bits per heavy atom. The lowest BCUT2D eigenvalue weighted by atomic mass is 10.1. The highest BCUT2D eigenvalue weighted by atomic mass is 32.2. The minimum atomic E-state index is -4.47. The van der Waals surface area contributed by atoms with Crippen molar-refractivity contribution in [3.05, 3.63) is 80.9 Å². The van der Waals surface area contributed by atoms with Crippen LogP contribution in [-0.2, 0) is 9.84 Å². The summed E-state index contributed by atoms with van der Waals surface area (Å²) in [4.78, 5) is 23.2. The molecular weight excluding hydrogens is 392 g/mol. The first-order chi connectivity index (χ1) is 13.8. The van der Waals surface area contributed by atoms with E-state index in [2.05, 4.69) is 13.2 Å². The molecule has 1 unspecified atom stereocenters. The number of hydrogen-bond acceptors (Lipinski definition) is 6. The van der Waals surface area contributed by atoms with Gasteiger partial charge in [0.05, 0.1) is 0 Å². The molecule has 2 aromatic heterocycles. The van der Waals surface area contributed by atoms with Crippen LogP contribution in [0.4, 0.5) is 0 Å². The van der Waals surface area contributed by atoms with Crippen molar-refractivity contribution in [3.8, 4) is 0 Å². The molecule has 29 heavy (non-hydrogen) atoms. The van der Waals surface area contributed by atoms with Gasteiger partial charge < -0.3 is 8.83 Å². The van der Waals surface area contributed by atoms with Crippen LogP contribution >= 0.6 is 0 Å². The third-order valence-electron chi connectivity index (χ3n) is 4.06. The summed E-state index contributed by atoms with van der Waals surface area (Å²) in [5.41, 5.74) is -1.48. The van der Waals surface area contributed by atoms with E-state index >= 15 is 0 Å². The monoisotopic (exact) mass is 414 g/mol. The quantitative estimate of drug-likeness (QED) is 0.735. The topological polar surface area (TPSA) is 94.6 Å². The largest absolute Gasteiger partial charge is 0.422 e. The second kappa shape index (κ2) is 8.87. The van der Waals surface area contributed by atoms with E-state index in [1.807, 2.05) is 32.9 Å². The summed E-state index contributed by atoms with van der Waals surface area (Å²) in [7, 11) is -4.47. The molecule has 6 nitrogen and oxygen atoms in total. The molecule has 0 fully saturated rings. The van der Waals surface area contributed by atoms with Crippen LogP contribution in [0.1, 0.15) is 43.4 Å². The standard InChI is InChI=1S/C20H16O6S.C2H6/c1-4-13-10-17(19(21)25-15(13)5-2)27(23,24)18-11-14-8-6-12(3)7-9-16(14)26-20(18)22;1-2/h4-12H,1-2H2,3H3;1-2H3. The molecule has 2 aromatic rings. The Labute approximate surface area is 169 Å². The molecule has 0 spiro atoms. The fourth-order valence-corrected chi connectivity index (χ4v) is 3.92. The Hall–Kier alpha value is -3.19. The molecule has 2 heterocycles. The lowest BCUT2D eigenvalue weighted by Crippen LogP contribution is -2.21. The van der Waals surface area contributed by atoms with Gasteiger partial charge in [-0.2, -0.15) is 0 Å². The van der Waals surface area contributed by atoms with E-state index in [1.54, 1.807) is 12.2 Å².